The van der Waals surface area contributed by atoms with Crippen molar-refractivity contribution in [3.05, 3.63) is 12.4 Å². The standard InChI is InChI=1S/C9H14N4O2S/c1-6-2-7(6)3-13-16(14,15)8-4-11-9(10)12-5-8/h4-7,13H,2-3H2,1H3,(H2,10,11,12). The predicted molar refractivity (Wildman–Crippen MR) is 58.9 cm³/mol. The Kier molecular flexibility index (Phi) is 2.81. The number of nitrogen functional groups attached to an aromatic ring is 1. The molecule has 0 spiro atoms. The first-order valence-corrected chi connectivity index (χ1v) is 6.54. The van der Waals surface area contributed by atoms with Gasteiger partial charge in [0.15, 0.2) is 0 Å². The Morgan fingerprint density at radius 3 is 2.56 bits per heavy atom. The summed E-state index contributed by atoms with van der Waals surface area (Å²) in [5.74, 6) is 1.14. The van der Waals surface area contributed by atoms with E-state index >= 15 is 0 Å². The second-order valence-electron chi connectivity index (χ2n) is 4.10. The number of sulfonamides is 1. The average molecular weight is 242 g/mol. The molecule has 2 unspecified atom stereocenters. The van der Waals surface area contributed by atoms with Crippen molar-refractivity contribution in [1.29, 1.82) is 0 Å². The molecule has 2 atom stereocenters. The van der Waals surface area contributed by atoms with Gasteiger partial charge in [-0.2, -0.15) is 0 Å². The monoisotopic (exact) mass is 242 g/mol. The van der Waals surface area contributed by atoms with Gasteiger partial charge in [-0.3, -0.25) is 0 Å². The minimum Gasteiger partial charge on any atom is -0.368 e. The lowest BCUT2D eigenvalue weighted by Gasteiger charge is -2.05. The van der Waals surface area contributed by atoms with Gasteiger partial charge in [0.25, 0.3) is 0 Å². The third kappa shape index (κ3) is 2.48. The molecule has 1 aliphatic rings. The number of rotatable bonds is 4. The van der Waals surface area contributed by atoms with Gasteiger partial charge in [0, 0.05) is 6.54 Å². The van der Waals surface area contributed by atoms with Crippen LogP contribution in [0.25, 0.3) is 0 Å². The fraction of sp³-hybridized carbons (Fsp3) is 0.556. The number of hydrogen-bond acceptors (Lipinski definition) is 5. The van der Waals surface area contributed by atoms with E-state index in [2.05, 4.69) is 21.6 Å². The van der Waals surface area contributed by atoms with Crippen LogP contribution in [-0.4, -0.2) is 24.9 Å². The number of nitrogens with two attached hydrogens (primary N) is 1. The Hall–Kier alpha value is -1.21. The van der Waals surface area contributed by atoms with Gasteiger partial charge in [0.2, 0.25) is 16.0 Å². The van der Waals surface area contributed by atoms with Gasteiger partial charge >= 0.3 is 0 Å². The van der Waals surface area contributed by atoms with Crippen molar-refractivity contribution in [3.8, 4) is 0 Å². The minimum absolute atomic E-state index is 0.0509. The summed E-state index contributed by atoms with van der Waals surface area (Å²) in [5.41, 5.74) is 5.28. The molecule has 0 amide bonds. The molecule has 88 valence electrons. The molecule has 0 aromatic carbocycles. The first-order valence-electron chi connectivity index (χ1n) is 5.06. The molecule has 0 bridgehead atoms. The zero-order chi connectivity index (χ0) is 11.8. The topological polar surface area (TPSA) is 98.0 Å². The van der Waals surface area contributed by atoms with E-state index < -0.39 is 10.0 Å². The Balaban J connectivity index is 2.03. The summed E-state index contributed by atoms with van der Waals surface area (Å²) in [6, 6.07) is 0. The van der Waals surface area contributed by atoms with Crippen LogP contribution in [0.5, 0.6) is 0 Å². The molecule has 1 aromatic heterocycles. The van der Waals surface area contributed by atoms with Crippen LogP contribution in [0, 0.1) is 11.8 Å². The number of hydrogen-bond donors (Lipinski definition) is 2. The average Bonchev–Trinajstić information content (AvgIpc) is 2.93. The quantitative estimate of drug-likeness (QED) is 0.774. The minimum atomic E-state index is -3.49. The van der Waals surface area contributed by atoms with Crippen molar-refractivity contribution >= 4 is 16.0 Å². The van der Waals surface area contributed by atoms with Gasteiger partial charge in [-0.15, -0.1) is 0 Å². The van der Waals surface area contributed by atoms with Crippen LogP contribution in [0.2, 0.25) is 0 Å². The summed E-state index contributed by atoms with van der Waals surface area (Å²) in [6.45, 7) is 2.58. The van der Waals surface area contributed by atoms with Gasteiger partial charge in [0.05, 0.1) is 12.4 Å². The summed E-state index contributed by atoms with van der Waals surface area (Å²) >= 11 is 0. The highest BCUT2D eigenvalue weighted by molar-refractivity contribution is 7.89. The largest absolute Gasteiger partial charge is 0.368 e. The highest BCUT2D eigenvalue weighted by atomic mass is 32.2. The fourth-order valence-corrected chi connectivity index (χ4v) is 2.43. The van der Waals surface area contributed by atoms with Crippen molar-refractivity contribution in [2.45, 2.75) is 18.2 Å². The lowest BCUT2D eigenvalue weighted by molar-refractivity contribution is 0.573. The van der Waals surface area contributed by atoms with E-state index in [9.17, 15) is 8.42 Å². The molecule has 16 heavy (non-hydrogen) atoms. The van der Waals surface area contributed by atoms with Gasteiger partial charge < -0.3 is 5.73 Å². The first kappa shape index (κ1) is 11.3. The lowest BCUT2D eigenvalue weighted by Crippen LogP contribution is -2.26. The molecule has 6 nitrogen and oxygen atoms in total. The summed E-state index contributed by atoms with van der Waals surface area (Å²) in [4.78, 5) is 7.35. The van der Waals surface area contributed by atoms with Crippen molar-refractivity contribution in [2.75, 3.05) is 12.3 Å². The van der Waals surface area contributed by atoms with Gasteiger partial charge in [-0.05, 0) is 18.3 Å². The number of nitrogens with one attached hydrogen (secondary N) is 1. The Labute approximate surface area is 94.3 Å². The maximum absolute atomic E-state index is 11.8. The summed E-state index contributed by atoms with van der Waals surface area (Å²) in [5, 5.41) is 0. The molecular formula is C9H14N4O2S. The molecule has 0 saturated heterocycles. The zero-order valence-electron chi connectivity index (χ0n) is 8.92. The third-order valence-electron chi connectivity index (χ3n) is 2.77. The molecule has 0 radical (unpaired) electrons. The van der Waals surface area contributed by atoms with Crippen LogP contribution in [0.4, 0.5) is 5.95 Å². The van der Waals surface area contributed by atoms with E-state index in [1.54, 1.807) is 0 Å². The maximum atomic E-state index is 11.8. The van der Waals surface area contributed by atoms with Crippen LogP contribution in [-0.2, 0) is 10.0 Å². The molecule has 1 aromatic rings. The van der Waals surface area contributed by atoms with Gasteiger partial charge in [-0.1, -0.05) is 6.92 Å². The Morgan fingerprint density at radius 1 is 1.50 bits per heavy atom. The smallest absolute Gasteiger partial charge is 0.243 e. The molecule has 1 aliphatic carbocycles. The summed E-state index contributed by atoms with van der Waals surface area (Å²) < 4.78 is 26.0. The Bertz CT molecular complexity index is 471. The molecule has 7 heteroatoms. The Morgan fingerprint density at radius 2 is 2.06 bits per heavy atom. The molecule has 1 fully saturated rings. The van der Waals surface area contributed by atoms with E-state index in [0.717, 1.165) is 6.42 Å². The highest BCUT2D eigenvalue weighted by Gasteiger charge is 2.33. The molecule has 3 N–H and O–H groups in total. The van der Waals surface area contributed by atoms with E-state index in [4.69, 9.17) is 5.73 Å². The van der Waals surface area contributed by atoms with Gasteiger partial charge in [-0.25, -0.2) is 23.1 Å². The van der Waals surface area contributed by atoms with Crippen LogP contribution in [0.15, 0.2) is 17.3 Å². The fourth-order valence-electron chi connectivity index (χ4n) is 1.45. The van der Waals surface area contributed by atoms with Crippen molar-refractivity contribution in [3.63, 3.8) is 0 Å². The van der Waals surface area contributed by atoms with Crippen molar-refractivity contribution in [1.82, 2.24) is 14.7 Å². The van der Waals surface area contributed by atoms with E-state index in [-0.39, 0.29) is 10.8 Å². The summed E-state index contributed by atoms with van der Waals surface area (Å²) in [6.07, 6.45) is 3.50. The molecule has 1 heterocycles. The van der Waals surface area contributed by atoms with Crippen molar-refractivity contribution in [2.24, 2.45) is 11.8 Å². The number of nitrogens with zero attached hydrogens (tertiary/aromatic N) is 2. The van der Waals surface area contributed by atoms with Crippen LogP contribution in [0.3, 0.4) is 0 Å². The second kappa shape index (κ2) is 3.99. The van der Waals surface area contributed by atoms with Crippen LogP contribution < -0.4 is 10.5 Å². The maximum Gasteiger partial charge on any atom is 0.243 e. The zero-order valence-corrected chi connectivity index (χ0v) is 9.74. The first-order chi connectivity index (χ1) is 7.49. The molecule has 0 aliphatic heterocycles. The van der Waals surface area contributed by atoms with Crippen molar-refractivity contribution < 1.29 is 8.42 Å². The van der Waals surface area contributed by atoms with E-state index in [0.29, 0.717) is 18.4 Å². The third-order valence-corrected chi connectivity index (χ3v) is 4.15. The molecule has 1 saturated carbocycles. The highest BCUT2D eigenvalue weighted by Crippen LogP contribution is 2.36. The van der Waals surface area contributed by atoms with Crippen LogP contribution in [0.1, 0.15) is 13.3 Å². The second-order valence-corrected chi connectivity index (χ2v) is 5.87. The van der Waals surface area contributed by atoms with Crippen LogP contribution >= 0.6 is 0 Å². The predicted octanol–water partition coefficient (Wildman–Crippen LogP) is -0.00690. The van der Waals surface area contributed by atoms with E-state index in [1.165, 1.54) is 12.4 Å². The SMILES string of the molecule is CC1CC1CNS(=O)(=O)c1cnc(N)nc1. The van der Waals surface area contributed by atoms with Gasteiger partial charge in [0.1, 0.15) is 4.90 Å². The molecular weight excluding hydrogens is 228 g/mol. The van der Waals surface area contributed by atoms with E-state index in [1.807, 2.05) is 0 Å². The number of anilines is 1. The summed E-state index contributed by atoms with van der Waals surface area (Å²) in [7, 11) is -3.49. The number of aromatic nitrogens is 2. The molecule has 2 rings (SSSR count). The lowest BCUT2D eigenvalue weighted by atomic mass is 10.3. The normalized spacial score (nSPS) is 24.3.